The number of piperidine rings is 1. The Bertz CT molecular complexity index is 687. The first kappa shape index (κ1) is 18.6. The topological polar surface area (TPSA) is 84.9 Å². The number of rotatable bonds is 6. The Labute approximate surface area is 140 Å². The van der Waals surface area contributed by atoms with Gasteiger partial charge in [0.1, 0.15) is 16.5 Å². The molecule has 1 aliphatic rings. The van der Waals surface area contributed by atoms with Crippen molar-refractivity contribution in [2.24, 2.45) is 5.92 Å². The van der Waals surface area contributed by atoms with Crippen molar-refractivity contribution in [3.05, 3.63) is 24.0 Å². The second-order valence-corrected chi connectivity index (χ2v) is 7.23. The van der Waals surface area contributed by atoms with Crippen molar-refractivity contribution in [2.45, 2.75) is 24.2 Å². The summed E-state index contributed by atoms with van der Waals surface area (Å²) in [4.78, 5) is 16.9. The van der Waals surface area contributed by atoms with Gasteiger partial charge in [-0.2, -0.15) is 5.06 Å². The van der Waals surface area contributed by atoms with Crippen LogP contribution in [0.15, 0.2) is 23.1 Å². The van der Waals surface area contributed by atoms with E-state index in [4.69, 9.17) is 9.57 Å². The largest absolute Gasteiger partial charge is 0.495 e. The van der Waals surface area contributed by atoms with Gasteiger partial charge in [0, 0.05) is 25.6 Å². The Morgan fingerprint density at radius 2 is 2.00 bits per heavy atom. The third kappa shape index (κ3) is 4.65. The molecular weight excluding hydrogens is 339 g/mol. The van der Waals surface area contributed by atoms with Crippen LogP contribution in [-0.4, -0.2) is 46.7 Å². The maximum atomic E-state index is 13.2. The number of nitrogens with zero attached hydrogens (tertiary/aromatic N) is 1. The summed E-state index contributed by atoms with van der Waals surface area (Å²) >= 11 is 0. The molecule has 0 atom stereocenters. The van der Waals surface area contributed by atoms with Crippen molar-refractivity contribution in [1.82, 2.24) is 9.79 Å². The van der Waals surface area contributed by atoms with Crippen LogP contribution < -0.4 is 9.46 Å². The summed E-state index contributed by atoms with van der Waals surface area (Å²) in [5.41, 5.74) is 0. The van der Waals surface area contributed by atoms with Crippen LogP contribution in [0.2, 0.25) is 0 Å². The lowest BCUT2D eigenvalue weighted by atomic mass is 9.94. The van der Waals surface area contributed by atoms with E-state index >= 15 is 0 Å². The number of benzene rings is 1. The monoisotopic (exact) mass is 360 g/mol. The van der Waals surface area contributed by atoms with Gasteiger partial charge in [0.2, 0.25) is 5.91 Å². The normalized spacial score (nSPS) is 16.8. The zero-order valence-electron chi connectivity index (χ0n) is 13.6. The molecule has 0 radical (unpaired) electrons. The van der Waals surface area contributed by atoms with Gasteiger partial charge in [0.05, 0.1) is 14.2 Å². The van der Waals surface area contributed by atoms with Crippen LogP contribution in [0, 0.1) is 11.7 Å². The number of amides is 1. The maximum Gasteiger partial charge on any atom is 0.267 e. The summed E-state index contributed by atoms with van der Waals surface area (Å²) in [7, 11) is -1.28. The van der Waals surface area contributed by atoms with E-state index in [1.165, 1.54) is 7.11 Å². The molecule has 1 N–H and O–H groups in total. The molecule has 7 nitrogen and oxygen atoms in total. The van der Waals surface area contributed by atoms with Crippen molar-refractivity contribution < 1.29 is 27.2 Å². The quantitative estimate of drug-likeness (QED) is 0.823. The van der Waals surface area contributed by atoms with Gasteiger partial charge < -0.3 is 9.57 Å². The average molecular weight is 360 g/mol. The van der Waals surface area contributed by atoms with Crippen molar-refractivity contribution in [2.75, 3.05) is 27.3 Å². The van der Waals surface area contributed by atoms with Crippen LogP contribution in [0.5, 0.6) is 5.75 Å². The fourth-order valence-electron chi connectivity index (χ4n) is 2.67. The number of ether oxygens (including phenoxy) is 1. The molecule has 0 saturated carbocycles. The molecule has 1 aromatic rings. The minimum absolute atomic E-state index is 0.0988. The molecule has 0 aromatic heterocycles. The highest BCUT2D eigenvalue weighted by Gasteiger charge is 2.26. The highest BCUT2D eigenvalue weighted by Crippen LogP contribution is 2.25. The number of carbonyl (C=O) groups is 1. The number of methoxy groups -OCH3 is 1. The summed E-state index contributed by atoms with van der Waals surface area (Å²) in [6.07, 6.45) is 1.61. The fraction of sp³-hybridized carbons (Fsp3) is 0.533. The summed E-state index contributed by atoms with van der Waals surface area (Å²) in [5.74, 6) is -1.26. The Balaban J connectivity index is 2.00. The minimum atomic E-state index is -4.11. The molecule has 1 aliphatic heterocycles. The first-order valence-electron chi connectivity index (χ1n) is 7.54. The SMILES string of the molecule is COc1cc(F)ccc1S(=O)(=O)NC(=O)CC1CCN(OC)CC1. The van der Waals surface area contributed by atoms with Crippen LogP contribution in [0.25, 0.3) is 0 Å². The van der Waals surface area contributed by atoms with Gasteiger partial charge in [-0.25, -0.2) is 17.5 Å². The van der Waals surface area contributed by atoms with Gasteiger partial charge >= 0.3 is 0 Å². The number of carbonyl (C=O) groups excluding carboxylic acids is 1. The molecule has 0 unspecified atom stereocenters. The molecule has 9 heteroatoms. The predicted molar refractivity (Wildman–Crippen MR) is 84.2 cm³/mol. The molecule has 134 valence electrons. The molecule has 1 fully saturated rings. The average Bonchev–Trinajstić information content (AvgIpc) is 2.54. The number of hydroxylamine groups is 2. The molecule has 1 aromatic carbocycles. The Morgan fingerprint density at radius 3 is 2.58 bits per heavy atom. The molecule has 0 spiro atoms. The lowest BCUT2D eigenvalue weighted by Crippen LogP contribution is -2.36. The smallest absolute Gasteiger partial charge is 0.267 e. The minimum Gasteiger partial charge on any atom is -0.495 e. The zero-order valence-corrected chi connectivity index (χ0v) is 14.4. The van der Waals surface area contributed by atoms with Gasteiger partial charge in [0.25, 0.3) is 10.0 Å². The predicted octanol–water partition coefficient (Wildman–Crippen LogP) is 1.30. The van der Waals surface area contributed by atoms with Crippen molar-refractivity contribution in [3.63, 3.8) is 0 Å². The standard InChI is InChI=1S/C15H21FN2O5S/c1-22-13-10-12(16)3-4-14(13)24(20,21)17-15(19)9-11-5-7-18(23-2)8-6-11/h3-4,10-11H,5-9H2,1-2H3,(H,17,19). The van der Waals surface area contributed by atoms with Crippen LogP contribution in [0.1, 0.15) is 19.3 Å². The van der Waals surface area contributed by atoms with Gasteiger partial charge in [-0.3, -0.25) is 4.79 Å². The third-order valence-electron chi connectivity index (χ3n) is 3.97. The summed E-state index contributed by atoms with van der Waals surface area (Å²) in [5, 5.41) is 1.80. The first-order valence-corrected chi connectivity index (χ1v) is 9.02. The highest BCUT2D eigenvalue weighted by atomic mass is 32.2. The molecule has 1 heterocycles. The highest BCUT2D eigenvalue weighted by molar-refractivity contribution is 7.90. The van der Waals surface area contributed by atoms with E-state index in [9.17, 15) is 17.6 Å². The number of halogens is 1. The van der Waals surface area contributed by atoms with Crippen LogP contribution in [0.4, 0.5) is 4.39 Å². The van der Waals surface area contributed by atoms with E-state index in [0.717, 1.165) is 31.0 Å². The second-order valence-electron chi connectivity index (χ2n) is 5.58. The van der Waals surface area contributed by atoms with Gasteiger partial charge in [-0.15, -0.1) is 0 Å². The van der Waals surface area contributed by atoms with Crippen molar-refractivity contribution >= 4 is 15.9 Å². The van der Waals surface area contributed by atoms with Crippen LogP contribution in [-0.2, 0) is 19.7 Å². The molecular formula is C15H21FN2O5S. The Kier molecular flexibility index (Phi) is 6.14. The maximum absolute atomic E-state index is 13.2. The van der Waals surface area contributed by atoms with E-state index in [2.05, 4.69) is 0 Å². The van der Waals surface area contributed by atoms with E-state index in [1.807, 2.05) is 4.72 Å². The second kappa shape index (κ2) is 7.91. The lowest BCUT2D eigenvalue weighted by molar-refractivity contribution is -0.149. The van der Waals surface area contributed by atoms with Crippen molar-refractivity contribution in [3.8, 4) is 5.75 Å². The van der Waals surface area contributed by atoms with Crippen LogP contribution in [0.3, 0.4) is 0 Å². The Hall–Kier alpha value is -1.71. The number of nitrogens with one attached hydrogen (secondary N) is 1. The summed E-state index contributed by atoms with van der Waals surface area (Å²) in [6.45, 7) is 1.40. The molecule has 2 rings (SSSR count). The van der Waals surface area contributed by atoms with E-state index in [1.54, 1.807) is 12.2 Å². The van der Waals surface area contributed by atoms with E-state index in [0.29, 0.717) is 13.1 Å². The third-order valence-corrected chi connectivity index (χ3v) is 5.38. The van der Waals surface area contributed by atoms with Crippen molar-refractivity contribution in [1.29, 1.82) is 0 Å². The van der Waals surface area contributed by atoms with Gasteiger partial charge in [0.15, 0.2) is 0 Å². The molecule has 24 heavy (non-hydrogen) atoms. The molecule has 1 amide bonds. The molecule has 0 aliphatic carbocycles. The van der Waals surface area contributed by atoms with E-state index < -0.39 is 21.7 Å². The number of hydrogen-bond donors (Lipinski definition) is 1. The van der Waals surface area contributed by atoms with Gasteiger partial charge in [-0.1, -0.05) is 0 Å². The Morgan fingerprint density at radius 1 is 1.33 bits per heavy atom. The zero-order chi connectivity index (χ0) is 17.7. The summed E-state index contributed by atoms with van der Waals surface area (Å²) < 4.78 is 44.7. The fourth-order valence-corrected chi connectivity index (χ4v) is 3.82. The summed E-state index contributed by atoms with van der Waals surface area (Å²) in [6, 6.07) is 3.03. The van der Waals surface area contributed by atoms with Gasteiger partial charge in [-0.05, 0) is 30.9 Å². The van der Waals surface area contributed by atoms with E-state index in [-0.39, 0.29) is 23.0 Å². The lowest BCUT2D eigenvalue weighted by Gasteiger charge is -2.29. The molecule has 0 bridgehead atoms. The number of hydrogen-bond acceptors (Lipinski definition) is 6. The first-order chi connectivity index (χ1) is 11.4. The molecule has 1 saturated heterocycles. The number of sulfonamides is 1. The van der Waals surface area contributed by atoms with Crippen LogP contribution >= 0.6 is 0 Å².